The number of hydrogen-bond donors (Lipinski definition) is 2. The number of rotatable bonds is 4. The molecule has 1 aliphatic heterocycles. The highest BCUT2D eigenvalue weighted by molar-refractivity contribution is 7.13. The Labute approximate surface area is 201 Å². The van der Waals surface area contributed by atoms with Crippen LogP contribution in [0.2, 0.25) is 0 Å². The normalized spacial score (nSPS) is 14.9. The van der Waals surface area contributed by atoms with E-state index in [4.69, 9.17) is 9.84 Å². The third-order valence-corrected chi connectivity index (χ3v) is 6.81. The minimum absolute atomic E-state index is 0.190. The predicted octanol–water partition coefficient (Wildman–Crippen LogP) is 5.33. The SMILES string of the molecule is C[C@H](NC(=O)c1c(C#Cc2ccc(F)cc2)sc2c1CC(C)(C)OC2)c1ccc(C(=O)O)cc1. The number of amides is 1. The number of aromatic carboxylic acids is 1. The highest BCUT2D eigenvalue weighted by Gasteiger charge is 2.33. The van der Waals surface area contributed by atoms with E-state index in [2.05, 4.69) is 17.2 Å². The van der Waals surface area contributed by atoms with Crippen LogP contribution in [0, 0.1) is 17.7 Å². The van der Waals surface area contributed by atoms with Gasteiger partial charge in [0.05, 0.1) is 34.3 Å². The molecule has 174 valence electrons. The van der Waals surface area contributed by atoms with Gasteiger partial charge in [-0.3, -0.25) is 4.79 Å². The topological polar surface area (TPSA) is 75.6 Å². The van der Waals surface area contributed by atoms with Crippen molar-refractivity contribution in [3.63, 3.8) is 0 Å². The third kappa shape index (κ3) is 5.19. The van der Waals surface area contributed by atoms with Crippen molar-refractivity contribution in [3.05, 3.63) is 91.9 Å². The summed E-state index contributed by atoms with van der Waals surface area (Å²) >= 11 is 1.44. The van der Waals surface area contributed by atoms with Gasteiger partial charge in [-0.15, -0.1) is 11.3 Å². The molecule has 0 saturated carbocycles. The Morgan fingerprint density at radius 1 is 1.12 bits per heavy atom. The zero-order chi connectivity index (χ0) is 24.5. The van der Waals surface area contributed by atoms with Gasteiger partial charge in [-0.05, 0) is 74.2 Å². The fourth-order valence-corrected chi connectivity index (χ4v) is 4.89. The summed E-state index contributed by atoms with van der Waals surface area (Å²) in [6.45, 7) is 6.25. The van der Waals surface area contributed by atoms with E-state index in [1.54, 1.807) is 24.3 Å². The van der Waals surface area contributed by atoms with Crippen molar-refractivity contribution in [3.8, 4) is 11.8 Å². The molecule has 0 unspecified atom stereocenters. The van der Waals surface area contributed by atoms with Gasteiger partial charge in [0.2, 0.25) is 0 Å². The lowest BCUT2D eigenvalue weighted by molar-refractivity contribution is -0.0383. The van der Waals surface area contributed by atoms with Crippen molar-refractivity contribution < 1.29 is 23.8 Å². The van der Waals surface area contributed by atoms with Crippen LogP contribution in [0.15, 0.2) is 48.5 Å². The molecule has 1 aliphatic rings. The van der Waals surface area contributed by atoms with Crippen LogP contribution in [0.1, 0.15) is 74.0 Å². The maximum atomic E-state index is 13.5. The van der Waals surface area contributed by atoms with Gasteiger partial charge in [0, 0.05) is 16.9 Å². The molecule has 2 N–H and O–H groups in total. The Balaban J connectivity index is 1.66. The van der Waals surface area contributed by atoms with Gasteiger partial charge in [-0.1, -0.05) is 18.1 Å². The van der Waals surface area contributed by atoms with Crippen molar-refractivity contribution in [2.24, 2.45) is 0 Å². The van der Waals surface area contributed by atoms with Crippen molar-refractivity contribution in [1.29, 1.82) is 0 Å². The number of carboxylic acids is 1. The first-order chi connectivity index (χ1) is 16.1. The summed E-state index contributed by atoms with van der Waals surface area (Å²) in [7, 11) is 0. The summed E-state index contributed by atoms with van der Waals surface area (Å²) in [4.78, 5) is 26.2. The Hall–Kier alpha value is -3.47. The maximum Gasteiger partial charge on any atom is 0.335 e. The zero-order valence-electron chi connectivity index (χ0n) is 19.1. The first kappa shape index (κ1) is 23.7. The van der Waals surface area contributed by atoms with E-state index in [-0.39, 0.29) is 23.3 Å². The van der Waals surface area contributed by atoms with Crippen LogP contribution in [-0.4, -0.2) is 22.6 Å². The maximum absolute atomic E-state index is 13.5. The first-order valence-corrected chi connectivity index (χ1v) is 11.6. The second-order valence-corrected chi connectivity index (χ2v) is 9.92. The highest BCUT2D eigenvalue weighted by Crippen LogP contribution is 2.37. The number of benzene rings is 2. The smallest absolute Gasteiger partial charge is 0.335 e. The monoisotopic (exact) mass is 477 g/mol. The van der Waals surface area contributed by atoms with Crippen molar-refractivity contribution >= 4 is 23.2 Å². The molecular formula is C27H24FNO4S. The summed E-state index contributed by atoms with van der Waals surface area (Å²) in [6, 6.07) is 12.0. The lowest BCUT2D eigenvalue weighted by Crippen LogP contribution is -2.33. The number of carboxylic acid groups (broad SMARTS) is 1. The minimum Gasteiger partial charge on any atom is -0.478 e. The molecular weight excluding hydrogens is 453 g/mol. The molecule has 0 saturated heterocycles. The van der Waals surface area contributed by atoms with Crippen LogP contribution in [0.25, 0.3) is 0 Å². The van der Waals surface area contributed by atoms with Crippen LogP contribution in [0.3, 0.4) is 0 Å². The lowest BCUT2D eigenvalue weighted by Gasteiger charge is -2.30. The van der Waals surface area contributed by atoms with Crippen LogP contribution in [0.5, 0.6) is 0 Å². The number of thiophene rings is 1. The van der Waals surface area contributed by atoms with Crippen LogP contribution < -0.4 is 5.32 Å². The number of carbonyl (C=O) groups excluding carboxylic acids is 1. The second-order valence-electron chi connectivity index (χ2n) is 8.81. The Kier molecular flexibility index (Phi) is 6.56. The minimum atomic E-state index is -0.998. The van der Waals surface area contributed by atoms with E-state index in [0.29, 0.717) is 29.0 Å². The van der Waals surface area contributed by atoms with E-state index in [0.717, 1.165) is 16.0 Å². The van der Waals surface area contributed by atoms with Gasteiger partial charge in [-0.2, -0.15) is 0 Å². The largest absolute Gasteiger partial charge is 0.478 e. The summed E-state index contributed by atoms with van der Waals surface area (Å²) in [5.41, 5.74) is 2.72. The summed E-state index contributed by atoms with van der Waals surface area (Å²) in [5.74, 6) is 4.57. The standard InChI is InChI=1S/C27H24FNO4S/c1-16(18-7-9-19(10-8-18)26(31)32)29-25(30)24-21-14-27(2,3)33-15-23(21)34-22(24)13-6-17-4-11-20(28)12-5-17/h4-5,7-12,16H,14-15H2,1-3H3,(H,29,30)(H,31,32)/t16-/m0/s1. The molecule has 0 spiro atoms. The molecule has 0 aliphatic carbocycles. The first-order valence-electron chi connectivity index (χ1n) is 10.8. The number of fused-ring (bicyclic) bond motifs is 1. The number of hydrogen-bond acceptors (Lipinski definition) is 4. The van der Waals surface area contributed by atoms with Crippen LogP contribution in [-0.2, 0) is 17.8 Å². The second kappa shape index (κ2) is 9.41. The number of halogens is 1. The molecule has 3 aromatic rings. The molecule has 0 bridgehead atoms. The number of nitrogens with one attached hydrogen (secondary N) is 1. The Morgan fingerprint density at radius 2 is 1.79 bits per heavy atom. The van der Waals surface area contributed by atoms with E-state index in [1.165, 1.54) is 35.6 Å². The Morgan fingerprint density at radius 3 is 2.44 bits per heavy atom. The molecule has 0 fully saturated rings. The number of carbonyl (C=O) groups is 2. The summed E-state index contributed by atoms with van der Waals surface area (Å²) in [6.07, 6.45) is 0.585. The third-order valence-electron chi connectivity index (χ3n) is 5.68. The van der Waals surface area contributed by atoms with Gasteiger partial charge in [0.1, 0.15) is 5.82 Å². The van der Waals surface area contributed by atoms with Crippen molar-refractivity contribution in [2.45, 2.75) is 45.4 Å². The predicted molar refractivity (Wildman–Crippen MR) is 129 cm³/mol. The quantitative estimate of drug-likeness (QED) is 0.498. The van der Waals surface area contributed by atoms with Gasteiger partial charge in [-0.25, -0.2) is 9.18 Å². The van der Waals surface area contributed by atoms with E-state index >= 15 is 0 Å². The fourth-order valence-electron chi connectivity index (χ4n) is 3.81. The molecule has 2 aromatic carbocycles. The Bertz CT molecular complexity index is 1300. The molecule has 34 heavy (non-hydrogen) atoms. The molecule has 1 aromatic heterocycles. The molecule has 5 nitrogen and oxygen atoms in total. The molecule has 7 heteroatoms. The van der Waals surface area contributed by atoms with Crippen molar-refractivity contribution in [1.82, 2.24) is 5.32 Å². The lowest BCUT2D eigenvalue weighted by atomic mass is 9.92. The van der Waals surface area contributed by atoms with Crippen molar-refractivity contribution in [2.75, 3.05) is 0 Å². The summed E-state index contributed by atoms with van der Waals surface area (Å²) < 4.78 is 19.2. The summed E-state index contributed by atoms with van der Waals surface area (Å²) in [5, 5.41) is 12.1. The van der Waals surface area contributed by atoms with Gasteiger partial charge in [0.25, 0.3) is 5.91 Å². The molecule has 1 atom stereocenters. The van der Waals surface area contributed by atoms with E-state index < -0.39 is 11.6 Å². The highest BCUT2D eigenvalue weighted by atomic mass is 32.1. The molecule has 2 heterocycles. The average Bonchev–Trinajstić information content (AvgIpc) is 3.15. The number of ether oxygens (including phenoxy) is 1. The molecule has 0 radical (unpaired) electrons. The van der Waals surface area contributed by atoms with E-state index in [1.807, 2.05) is 20.8 Å². The zero-order valence-corrected chi connectivity index (χ0v) is 19.9. The molecule has 1 amide bonds. The fraction of sp³-hybridized carbons (Fsp3) is 0.259. The average molecular weight is 478 g/mol. The van der Waals surface area contributed by atoms with Gasteiger partial charge in [0.15, 0.2) is 0 Å². The van der Waals surface area contributed by atoms with E-state index in [9.17, 15) is 14.0 Å². The van der Waals surface area contributed by atoms with Crippen LogP contribution in [0.4, 0.5) is 4.39 Å². The van der Waals surface area contributed by atoms with Gasteiger partial charge >= 0.3 is 5.97 Å². The molecule has 4 rings (SSSR count). The van der Waals surface area contributed by atoms with Gasteiger partial charge < -0.3 is 15.2 Å². The van der Waals surface area contributed by atoms with Crippen LogP contribution >= 0.6 is 11.3 Å².